The fourth-order valence-corrected chi connectivity index (χ4v) is 4.88. The maximum absolute atomic E-state index is 12.5. The van der Waals surface area contributed by atoms with Crippen LogP contribution in [0.25, 0.3) is 27.1 Å². The summed E-state index contributed by atoms with van der Waals surface area (Å²) in [4.78, 5) is 17.0. The average Bonchev–Trinajstić information content (AvgIpc) is 3.44. The lowest BCUT2D eigenvalue weighted by molar-refractivity contribution is -0.113. The molecule has 7 nitrogen and oxygen atoms in total. The Morgan fingerprint density at radius 1 is 1.03 bits per heavy atom. The van der Waals surface area contributed by atoms with E-state index < -0.39 is 0 Å². The number of para-hydroxylation sites is 1. The molecular weight excluding hydrogens is 452 g/mol. The van der Waals surface area contributed by atoms with Crippen molar-refractivity contribution in [3.05, 3.63) is 66.2 Å². The average molecular weight is 475 g/mol. The molecule has 33 heavy (non-hydrogen) atoms. The molecule has 166 valence electrons. The predicted molar refractivity (Wildman–Crippen MR) is 134 cm³/mol. The van der Waals surface area contributed by atoms with Crippen LogP contribution in [0.1, 0.15) is 26.3 Å². The van der Waals surface area contributed by atoms with E-state index in [4.69, 9.17) is 0 Å². The highest BCUT2D eigenvalue weighted by Crippen LogP contribution is 2.28. The molecule has 0 aliphatic heterocycles. The highest BCUT2D eigenvalue weighted by molar-refractivity contribution is 7.99. The molecule has 0 unspecified atom stereocenters. The van der Waals surface area contributed by atoms with Gasteiger partial charge in [-0.15, -0.1) is 10.2 Å². The number of pyridine rings is 1. The highest BCUT2D eigenvalue weighted by atomic mass is 32.2. The van der Waals surface area contributed by atoms with E-state index in [0.717, 1.165) is 27.1 Å². The molecule has 0 fully saturated rings. The van der Waals surface area contributed by atoms with E-state index in [2.05, 4.69) is 57.8 Å². The van der Waals surface area contributed by atoms with Crippen molar-refractivity contribution in [3.63, 3.8) is 0 Å². The zero-order valence-corrected chi connectivity index (χ0v) is 20.1. The first-order valence-corrected chi connectivity index (χ1v) is 12.2. The number of anilines is 1. The van der Waals surface area contributed by atoms with E-state index in [1.54, 1.807) is 0 Å². The Morgan fingerprint density at radius 3 is 2.61 bits per heavy atom. The van der Waals surface area contributed by atoms with Gasteiger partial charge >= 0.3 is 0 Å². The minimum absolute atomic E-state index is 0.0957. The number of thioether (sulfide) groups is 1. The van der Waals surface area contributed by atoms with E-state index in [0.29, 0.717) is 11.1 Å². The van der Waals surface area contributed by atoms with Gasteiger partial charge in [0.05, 0.1) is 11.3 Å². The van der Waals surface area contributed by atoms with Gasteiger partial charge in [-0.25, -0.2) is 0 Å². The van der Waals surface area contributed by atoms with Crippen LogP contribution in [-0.2, 0) is 10.2 Å². The topological polar surface area (TPSA) is 85.1 Å². The normalized spacial score (nSPS) is 11.8. The molecule has 5 aromatic rings. The van der Waals surface area contributed by atoms with Crippen LogP contribution in [0.3, 0.4) is 0 Å². The van der Waals surface area contributed by atoms with Gasteiger partial charge in [-0.05, 0) is 46.1 Å². The first-order chi connectivity index (χ1) is 15.9. The van der Waals surface area contributed by atoms with E-state index in [-0.39, 0.29) is 17.1 Å². The molecule has 0 spiro atoms. The van der Waals surface area contributed by atoms with Gasteiger partial charge in [0.25, 0.3) is 0 Å². The Balaban J connectivity index is 1.26. The summed E-state index contributed by atoms with van der Waals surface area (Å²) in [5, 5.41) is 13.8. The third-order valence-electron chi connectivity index (χ3n) is 5.26. The minimum Gasteiger partial charge on any atom is -0.293 e. The van der Waals surface area contributed by atoms with Gasteiger partial charge in [-0.1, -0.05) is 75.0 Å². The monoisotopic (exact) mass is 474 g/mol. The largest absolute Gasteiger partial charge is 0.293 e. The smallest absolute Gasteiger partial charge is 0.241 e. The summed E-state index contributed by atoms with van der Waals surface area (Å²) in [5.74, 6) is 0.306. The summed E-state index contributed by atoms with van der Waals surface area (Å²) in [7, 11) is 0. The van der Waals surface area contributed by atoms with Crippen LogP contribution in [0.5, 0.6) is 0 Å². The van der Waals surface area contributed by atoms with E-state index in [1.165, 1.54) is 28.9 Å². The molecule has 0 saturated heterocycles. The Bertz CT molecular complexity index is 1450. The SMILES string of the molecule is CC(C)(C)c1ccc(-c2nc(NC(=O)CSc3nnc4ccc5ccccc5n34)ns2)cc1. The van der Waals surface area contributed by atoms with Crippen LogP contribution in [0, 0.1) is 0 Å². The third kappa shape index (κ3) is 4.46. The van der Waals surface area contributed by atoms with Gasteiger partial charge in [0.1, 0.15) is 5.01 Å². The molecule has 3 aromatic heterocycles. The van der Waals surface area contributed by atoms with Gasteiger partial charge in [0.15, 0.2) is 10.8 Å². The number of rotatable bonds is 5. The van der Waals surface area contributed by atoms with Crippen molar-refractivity contribution >= 4 is 51.7 Å². The maximum atomic E-state index is 12.5. The summed E-state index contributed by atoms with van der Waals surface area (Å²) in [6.07, 6.45) is 0. The van der Waals surface area contributed by atoms with Crippen molar-refractivity contribution in [3.8, 4) is 10.6 Å². The van der Waals surface area contributed by atoms with Crippen molar-refractivity contribution in [2.75, 3.05) is 11.1 Å². The molecular formula is C24H22N6OS2. The standard InChI is InChI=1S/C24H22N6OS2/c1-24(2,3)17-11-8-16(9-12-17)21-26-22(29-33-21)25-20(31)14-32-23-28-27-19-13-10-15-6-4-5-7-18(15)30(19)23/h4-13H,14H2,1-3H3,(H,25,29,31). The van der Waals surface area contributed by atoms with Gasteiger partial charge in [-0.2, -0.15) is 9.36 Å². The van der Waals surface area contributed by atoms with Crippen molar-refractivity contribution in [2.45, 2.75) is 31.3 Å². The lowest BCUT2D eigenvalue weighted by atomic mass is 9.87. The third-order valence-corrected chi connectivity index (χ3v) is 6.95. The molecule has 2 aromatic carbocycles. The zero-order valence-electron chi connectivity index (χ0n) is 18.4. The second kappa shape index (κ2) is 8.57. The molecule has 3 heterocycles. The number of hydrogen-bond donors (Lipinski definition) is 1. The molecule has 0 atom stereocenters. The van der Waals surface area contributed by atoms with Crippen LogP contribution < -0.4 is 5.32 Å². The second-order valence-electron chi connectivity index (χ2n) is 8.66. The number of nitrogens with one attached hydrogen (secondary N) is 1. The summed E-state index contributed by atoms with van der Waals surface area (Å²) in [6, 6.07) is 20.3. The fourth-order valence-electron chi connectivity index (χ4n) is 3.50. The van der Waals surface area contributed by atoms with Crippen molar-refractivity contribution in [2.24, 2.45) is 0 Å². The number of nitrogens with zero attached hydrogens (tertiary/aromatic N) is 5. The molecule has 9 heteroatoms. The number of benzene rings is 2. The van der Waals surface area contributed by atoms with Crippen LogP contribution >= 0.6 is 23.3 Å². The number of aromatic nitrogens is 5. The molecule has 0 radical (unpaired) electrons. The molecule has 0 bridgehead atoms. The summed E-state index contributed by atoms with van der Waals surface area (Å²) < 4.78 is 6.26. The fraction of sp³-hybridized carbons (Fsp3) is 0.208. The van der Waals surface area contributed by atoms with Crippen LogP contribution in [0.4, 0.5) is 5.95 Å². The van der Waals surface area contributed by atoms with Crippen LogP contribution in [0.15, 0.2) is 65.8 Å². The molecule has 0 aliphatic rings. The van der Waals surface area contributed by atoms with Gasteiger partial charge in [0.2, 0.25) is 11.9 Å². The van der Waals surface area contributed by atoms with Crippen LogP contribution in [0.2, 0.25) is 0 Å². The van der Waals surface area contributed by atoms with Crippen molar-refractivity contribution < 1.29 is 4.79 Å². The quantitative estimate of drug-likeness (QED) is 0.342. The number of carbonyl (C=O) groups is 1. The lowest BCUT2D eigenvalue weighted by Crippen LogP contribution is -2.15. The van der Waals surface area contributed by atoms with E-state index in [1.807, 2.05) is 52.9 Å². The Hall–Kier alpha value is -3.30. The summed E-state index contributed by atoms with van der Waals surface area (Å²) >= 11 is 2.60. The second-order valence-corrected chi connectivity index (χ2v) is 10.4. The first-order valence-electron chi connectivity index (χ1n) is 10.5. The Morgan fingerprint density at radius 2 is 1.82 bits per heavy atom. The molecule has 1 N–H and O–H groups in total. The molecule has 0 saturated carbocycles. The van der Waals surface area contributed by atoms with Crippen LogP contribution in [-0.4, -0.2) is 35.6 Å². The highest BCUT2D eigenvalue weighted by Gasteiger charge is 2.16. The van der Waals surface area contributed by atoms with Gasteiger partial charge in [0, 0.05) is 5.56 Å². The maximum Gasteiger partial charge on any atom is 0.241 e. The minimum atomic E-state index is -0.190. The number of hydrogen-bond acceptors (Lipinski definition) is 7. The van der Waals surface area contributed by atoms with Gasteiger partial charge < -0.3 is 0 Å². The van der Waals surface area contributed by atoms with E-state index in [9.17, 15) is 4.79 Å². The number of fused-ring (bicyclic) bond motifs is 3. The number of amides is 1. The molecule has 1 amide bonds. The predicted octanol–water partition coefficient (Wildman–Crippen LogP) is 5.43. The first kappa shape index (κ1) is 21.5. The lowest BCUT2D eigenvalue weighted by Gasteiger charge is -2.18. The zero-order chi connectivity index (χ0) is 23.0. The van der Waals surface area contributed by atoms with Crippen molar-refractivity contribution in [1.82, 2.24) is 24.0 Å². The summed E-state index contributed by atoms with van der Waals surface area (Å²) in [6.45, 7) is 6.55. The molecule has 5 rings (SSSR count). The number of carbonyl (C=O) groups excluding carboxylic acids is 1. The Kier molecular flexibility index (Phi) is 5.59. The molecule has 0 aliphatic carbocycles. The van der Waals surface area contributed by atoms with E-state index >= 15 is 0 Å². The summed E-state index contributed by atoms with van der Waals surface area (Å²) in [5.41, 5.74) is 4.09. The van der Waals surface area contributed by atoms with Crippen molar-refractivity contribution in [1.29, 1.82) is 0 Å². The van der Waals surface area contributed by atoms with Gasteiger partial charge in [-0.3, -0.25) is 14.5 Å². The Labute approximate surface area is 199 Å².